The number of aromatic hydroxyl groups is 1. The van der Waals surface area contributed by atoms with Gasteiger partial charge in [0.2, 0.25) is 5.91 Å². The van der Waals surface area contributed by atoms with Gasteiger partial charge in [0.15, 0.2) is 0 Å². The lowest BCUT2D eigenvalue weighted by Gasteiger charge is -2.32. The van der Waals surface area contributed by atoms with E-state index in [9.17, 15) is 9.90 Å². The number of nitrogens with zero attached hydrogens (tertiary/aromatic N) is 1. The summed E-state index contributed by atoms with van der Waals surface area (Å²) >= 11 is 0. The van der Waals surface area contributed by atoms with Crippen LogP contribution in [0.5, 0.6) is 5.75 Å². The number of hydrogen-bond donors (Lipinski definition) is 2. The topological polar surface area (TPSA) is 52.6 Å². The Kier molecular flexibility index (Phi) is 8.16. The molecule has 1 saturated heterocycles. The molecular weight excluding hydrogens is 420 g/mol. The first-order chi connectivity index (χ1) is 16.6. The molecule has 0 unspecified atom stereocenters. The maximum absolute atomic E-state index is 14.0. The van der Waals surface area contributed by atoms with Crippen LogP contribution in [0, 0.1) is 0 Å². The number of nitrogens with one attached hydrogen (secondary N) is 1. The van der Waals surface area contributed by atoms with E-state index in [2.05, 4.69) is 53.2 Å². The van der Waals surface area contributed by atoms with Crippen molar-refractivity contribution in [1.82, 2.24) is 10.2 Å². The van der Waals surface area contributed by atoms with Crippen molar-refractivity contribution in [2.75, 3.05) is 0 Å². The smallest absolute Gasteiger partial charge is 0.240 e. The minimum absolute atomic E-state index is 0.0757. The first-order valence-electron chi connectivity index (χ1n) is 12.2. The number of carbonyl (C=O) groups excluding carboxylic acids is 1. The molecule has 1 aliphatic rings. The van der Waals surface area contributed by atoms with Crippen LogP contribution in [0.1, 0.15) is 36.0 Å². The molecule has 4 rings (SSSR count). The Morgan fingerprint density at radius 1 is 0.882 bits per heavy atom. The second-order valence-corrected chi connectivity index (χ2v) is 9.18. The second-order valence-electron chi connectivity index (χ2n) is 9.18. The van der Waals surface area contributed by atoms with E-state index >= 15 is 0 Å². The third-order valence-corrected chi connectivity index (χ3v) is 6.62. The molecule has 176 valence electrons. The molecule has 0 aromatic heterocycles. The number of phenols is 1. The third kappa shape index (κ3) is 6.36. The molecule has 34 heavy (non-hydrogen) atoms. The fraction of sp³-hybridized carbons (Fsp3) is 0.300. The van der Waals surface area contributed by atoms with E-state index in [1.807, 2.05) is 42.5 Å². The summed E-state index contributed by atoms with van der Waals surface area (Å²) in [5.41, 5.74) is 3.41. The van der Waals surface area contributed by atoms with E-state index in [4.69, 9.17) is 0 Å². The van der Waals surface area contributed by atoms with Crippen molar-refractivity contribution in [3.8, 4) is 5.75 Å². The monoisotopic (exact) mass is 454 g/mol. The number of rotatable bonds is 9. The van der Waals surface area contributed by atoms with Crippen molar-refractivity contribution in [3.63, 3.8) is 0 Å². The van der Waals surface area contributed by atoms with Crippen LogP contribution in [0.25, 0.3) is 0 Å². The minimum atomic E-state index is -0.282. The van der Waals surface area contributed by atoms with E-state index < -0.39 is 0 Å². The molecule has 0 aliphatic carbocycles. The zero-order valence-electron chi connectivity index (χ0n) is 19.6. The molecule has 3 atom stereocenters. The molecular formula is C30H34N2O2. The number of allylic oxidation sites excluding steroid dienone is 1. The van der Waals surface area contributed by atoms with Crippen LogP contribution in [0.3, 0.4) is 0 Å². The van der Waals surface area contributed by atoms with E-state index in [1.165, 1.54) is 5.56 Å². The Labute approximate surface area is 202 Å². The lowest BCUT2D eigenvalue weighted by Crippen LogP contribution is -2.48. The predicted octanol–water partition coefficient (Wildman–Crippen LogP) is 5.27. The normalized spacial score (nSPS) is 20.6. The number of phenolic OH excluding ortho intramolecular Hbond substituents is 1. The van der Waals surface area contributed by atoms with E-state index in [0.717, 1.165) is 36.8 Å². The van der Waals surface area contributed by atoms with E-state index in [-0.39, 0.29) is 29.8 Å². The van der Waals surface area contributed by atoms with Crippen LogP contribution >= 0.6 is 0 Å². The quantitative estimate of drug-likeness (QED) is 0.433. The summed E-state index contributed by atoms with van der Waals surface area (Å²) in [7, 11) is 0. The standard InChI is InChI=1S/C30H34N2O2/c1-2-3-14-26-21-27(19-23-10-6-4-7-11-23)32(22-25-15-17-28(33)18-16-25)30(34)29(31-26)20-24-12-8-5-9-13-24/h2,4-13,15-18,26-27,29,31,33H,1,3,14,19-22H2/t26-,27+,29+/m1/s1. The first kappa shape index (κ1) is 23.8. The van der Waals surface area contributed by atoms with Gasteiger partial charge in [-0.1, -0.05) is 78.9 Å². The average molecular weight is 455 g/mol. The molecule has 0 bridgehead atoms. The molecule has 0 radical (unpaired) electrons. The first-order valence-corrected chi connectivity index (χ1v) is 12.2. The Balaban J connectivity index is 1.66. The van der Waals surface area contributed by atoms with Crippen molar-refractivity contribution in [2.24, 2.45) is 0 Å². The summed E-state index contributed by atoms with van der Waals surface area (Å²) in [6.45, 7) is 4.43. The van der Waals surface area contributed by atoms with Gasteiger partial charge in [-0.25, -0.2) is 0 Å². The van der Waals surface area contributed by atoms with E-state index in [1.54, 1.807) is 12.1 Å². The summed E-state index contributed by atoms with van der Waals surface area (Å²) < 4.78 is 0. The highest BCUT2D eigenvalue weighted by molar-refractivity contribution is 5.83. The molecule has 2 N–H and O–H groups in total. The molecule has 1 heterocycles. The van der Waals surface area contributed by atoms with Crippen molar-refractivity contribution in [2.45, 2.75) is 56.8 Å². The summed E-state index contributed by atoms with van der Waals surface area (Å²) in [4.78, 5) is 16.1. The van der Waals surface area contributed by atoms with Crippen LogP contribution in [-0.4, -0.2) is 34.0 Å². The molecule has 4 nitrogen and oxygen atoms in total. The van der Waals surface area contributed by atoms with Gasteiger partial charge in [0.25, 0.3) is 0 Å². The van der Waals surface area contributed by atoms with Gasteiger partial charge in [-0.05, 0) is 60.9 Å². The summed E-state index contributed by atoms with van der Waals surface area (Å²) in [5.74, 6) is 0.374. The van der Waals surface area contributed by atoms with Gasteiger partial charge in [-0.2, -0.15) is 0 Å². The lowest BCUT2D eigenvalue weighted by molar-refractivity contribution is -0.135. The van der Waals surface area contributed by atoms with Gasteiger partial charge in [0.05, 0.1) is 6.04 Å². The van der Waals surface area contributed by atoms with Crippen molar-refractivity contribution in [1.29, 1.82) is 0 Å². The van der Waals surface area contributed by atoms with Crippen LogP contribution < -0.4 is 5.32 Å². The van der Waals surface area contributed by atoms with E-state index in [0.29, 0.717) is 13.0 Å². The summed E-state index contributed by atoms with van der Waals surface area (Å²) in [6, 6.07) is 27.9. The van der Waals surface area contributed by atoms with Crippen LogP contribution in [0.4, 0.5) is 0 Å². The highest BCUT2D eigenvalue weighted by Gasteiger charge is 2.36. The fourth-order valence-electron chi connectivity index (χ4n) is 4.86. The van der Waals surface area contributed by atoms with Crippen molar-refractivity contribution in [3.05, 3.63) is 114 Å². The fourth-order valence-corrected chi connectivity index (χ4v) is 4.86. The lowest BCUT2D eigenvalue weighted by atomic mass is 9.96. The van der Waals surface area contributed by atoms with Crippen molar-refractivity contribution < 1.29 is 9.90 Å². The summed E-state index contributed by atoms with van der Waals surface area (Å²) in [5, 5.41) is 13.4. The maximum Gasteiger partial charge on any atom is 0.240 e. The molecule has 1 aliphatic heterocycles. The maximum atomic E-state index is 14.0. The highest BCUT2D eigenvalue weighted by atomic mass is 16.3. The Hall–Kier alpha value is -3.37. The van der Waals surface area contributed by atoms with Gasteiger partial charge >= 0.3 is 0 Å². The molecule has 0 spiro atoms. The largest absolute Gasteiger partial charge is 0.508 e. The average Bonchev–Trinajstić information content (AvgIpc) is 2.97. The van der Waals surface area contributed by atoms with Crippen LogP contribution in [-0.2, 0) is 24.2 Å². The Morgan fingerprint density at radius 3 is 2.12 bits per heavy atom. The molecule has 0 saturated carbocycles. The molecule has 1 fully saturated rings. The molecule has 3 aromatic carbocycles. The minimum Gasteiger partial charge on any atom is -0.508 e. The van der Waals surface area contributed by atoms with Gasteiger partial charge in [0.1, 0.15) is 5.75 Å². The highest BCUT2D eigenvalue weighted by Crippen LogP contribution is 2.25. The van der Waals surface area contributed by atoms with Gasteiger partial charge in [-0.3, -0.25) is 4.79 Å². The third-order valence-electron chi connectivity index (χ3n) is 6.62. The number of carbonyl (C=O) groups is 1. The zero-order valence-corrected chi connectivity index (χ0v) is 19.6. The van der Waals surface area contributed by atoms with Crippen LogP contribution in [0.15, 0.2) is 97.6 Å². The van der Waals surface area contributed by atoms with Gasteiger partial charge in [0, 0.05) is 18.6 Å². The molecule has 3 aromatic rings. The zero-order chi connectivity index (χ0) is 23.8. The van der Waals surface area contributed by atoms with Crippen molar-refractivity contribution >= 4 is 5.91 Å². The number of hydrogen-bond acceptors (Lipinski definition) is 3. The molecule has 1 amide bonds. The Bertz CT molecular complexity index is 1050. The van der Waals surface area contributed by atoms with Gasteiger partial charge in [-0.15, -0.1) is 6.58 Å². The SMILES string of the molecule is C=CCC[C@@H]1C[C@H](Cc2ccccc2)N(Cc2ccc(O)cc2)C(=O)[C@H](Cc2ccccc2)N1. The number of benzene rings is 3. The summed E-state index contributed by atoms with van der Waals surface area (Å²) in [6.07, 6.45) is 6.20. The predicted molar refractivity (Wildman–Crippen MR) is 137 cm³/mol. The Morgan fingerprint density at radius 2 is 1.50 bits per heavy atom. The van der Waals surface area contributed by atoms with Crippen LogP contribution in [0.2, 0.25) is 0 Å². The van der Waals surface area contributed by atoms with Gasteiger partial charge < -0.3 is 15.3 Å². The molecule has 4 heteroatoms. The number of amides is 1. The second kappa shape index (κ2) is 11.7.